The second kappa shape index (κ2) is 46.3. The van der Waals surface area contributed by atoms with Crippen LogP contribution in [0.15, 0.2) is 36.5 Å². The lowest BCUT2D eigenvalue weighted by atomic mass is 10.1. The van der Waals surface area contributed by atoms with Crippen molar-refractivity contribution >= 4 is 17.9 Å². The highest BCUT2D eigenvalue weighted by Crippen LogP contribution is 2.14. The average molecular weight is 801 g/mol. The van der Waals surface area contributed by atoms with Gasteiger partial charge in [0.05, 0.1) is 0 Å². The summed E-state index contributed by atoms with van der Waals surface area (Å²) >= 11 is 0. The van der Waals surface area contributed by atoms with Crippen LogP contribution in [-0.2, 0) is 28.6 Å². The molecule has 0 heterocycles. The Morgan fingerprint density at radius 3 is 1.04 bits per heavy atom. The van der Waals surface area contributed by atoms with Gasteiger partial charge in [0, 0.05) is 19.3 Å². The number of hydrogen-bond acceptors (Lipinski definition) is 6. The van der Waals surface area contributed by atoms with Gasteiger partial charge in [0.2, 0.25) is 0 Å². The third-order valence-corrected chi connectivity index (χ3v) is 10.6. The summed E-state index contributed by atoms with van der Waals surface area (Å²) in [6, 6.07) is 0. The highest BCUT2D eigenvalue weighted by molar-refractivity contribution is 5.71. The zero-order chi connectivity index (χ0) is 41.5. The first-order chi connectivity index (χ1) is 28.0. The lowest BCUT2D eigenvalue weighted by Crippen LogP contribution is -2.30. The molecular weight excluding hydrogens is 709 g/mol. The quantitative estimate of drug-likeness (QED) is 0.0264. The lowest BCUT2D eigenvalue weighted by Gasteiger charge is -2.18. The minimum absolute atomic E-state index is 0.0777. The van der Waals surface area contributed by atoms with E-state index in [0.29, 0.717) is 19.3 Å². The molecule has 0 bridgehead atoms. The molecule has 0 amide bonds. The molecule has 0 aromatic carbocycles. The van der Waals surface area contributed by atoms with Gasteiger partial charge >= 0.3 is 17.9 Å². The van der Waals surface area contributed by atoms with Gasteiger partial charge in [-0.2, -0.15) is 0 Å². The summed E-state index contributed by atoms with van der Waals surface area (Å²) in [7, 11) is 0. The van der Waals surface area contributed by atoms with Crippen LogP contribution in [0, 0.1) is 0 Å². The first-order valence-electron chi connectivity index (χ1n) is 24.5. The van der Waals surface area contributed by atoms with Crippen molar-refractivity contribution in [2.45, 2.75) is 258 Å². The maximum atomic E-state index is 12.7. The van der Waals surface area contributed by atoms with Crippen molar-refractivity contribution in [3.63, 3.8) is 0 Å². The SMILES string of the molecule is CCCCC/C=C\C/C=C\CCCCCCCC(=O)OC[C@@H](COC(=O)CCCCCCCCCCCCC)OC(=O)CCCCCCC/C=C\CCCCCC. The Bertz CT molecular complexity index is 969. The second-order valence-corrected chi connectivity index (χ2v) is 16.4. The van der Waals surface area contributed by atoms with E-state index >= 15 is 0 Å². The largest absolute Gasteiger partial charge is 0.462 e. The number of esters is 3. The van der Waals surface area contributed by atoms with Crippen molar-refractivity contribution in [3.8, 4) is 0 Å². The van der Waals surface area contributed by atoms with Gasteiger partial charge in [-0.25, -0.2) is 0 Å². The van der Waals surface area contributed by atoms with Crippen LogP contribution in [0.1, 0.15) is 252 Å². The lowest BCUT2D eigenvalue weighted by molar-refractivity contribution is -0.167. The molecule has 0 spiro atoms. The van der Waals surface area contributed by atoms with Gasteiger partial charge in [-0.1, -0.05) is 192 Å². The number of carbonyl (C=O) groups excluding carboxylic acids is 3. The van der Waals surface area contributed by atoms with Crippen LogP contribution in [0.25, 0.3) is 0 Å². The fourth-order valence-electron chi connectivity index (χ4n) is 6.88. The van der Waals surface area contributed by atoms with Crippen LogP contribution in [-0.4, -0.2) is 37.2 Å². The van der Waals surface area contributed by atoms with E-state index in [9.17, 15) is 14.4 Å². The zero-order valence-corrected chi connectivity index (χ0v) is 37.9. The third kappa shape index (κ3) is 44.6. The number of ether oxygens (including phenoxy) is 3. The molecule has 0 saturated carbocycles. The molecule has 57 heavy (non-hydrogen) atoms. The standard InChI is InChI=1S/C51H92O6/c1-4-7-10-13-16-19-22-24-25-27-29-32-35-38-41-44-50(53)56-47-48(46-55-49(52)43-40-37-34-31-28-21-18-15-12-9-6-3)57-51(54)45-42-39-36-33-30-26-23-20-17-14-11-8-5-2/h16,19-20,23-25,48H,4-15,17-18,21-22,26-47H2,1-3H3/b19-16-,23-20-,25-24-/t48-/m1/s1. The van der Waals surface area contributed by atoms with E-state index in [2.05, 4.69) is 57.2 Å². The summed E-state index contributed by atoms with van der Waals surface area (Å²) < 4.78 is 16.7. The highest BCUT2D eigenvalue weighted by Gasteiger charge is 2.19. The molecule has 0 N–H and O–H groups in total. The minimum atomic E-state index is -0.777. The predicted molar refractivity (Wildman–Crippen MR) is 242 cm³/mol. The number of carbonyl (C=O) groups is 3. The molecule has 0 rings (SSSR count). The Balaban J connectivity index is 4.39. The van der Waals surface area contributed by atoms with Gasteiger partial charge in [-0.3, -0.25) is 14.4 Å². The molecule has 0 fully saturated rings. The van der Waals surface area contributed by atoms with Gasteiger partial charge in [0.15, 0.2) is 6.10 Å². The van der Waals surface area contributed by atoms with Gasteiger partial charge in [-0.05, 0) is 77.0 Å². The van der Waals surface area contributed by atoms with Crippen LogP contribution >= 0.6 is 0 Å². The fraction of sp³-hybridized carbons (Fsp3) is 0.824. The Hall–Kier alpha value is -2.37. The van der Waals surface area contributed by atoms with Crippen LogP contribution in [0.3, 0.4) is 0 Å². The van der Waals surface area contributed by atoms with Gasteiger partial charge in [-0.15, -0.1) is 0 Å². The Morgan fingerprint density at radius 2 is 0.632 bits per heavy atom. The van der Waals surface area contributed by atoms with Crippen molar-refractivity contribution < 1.29 is 28.6 Å². The van der Waals surface area contributed by atoms with Crippen molar-refractivity contribution in [2.24, 2.45) is 0 Å². The summed E-state index contributed by atoms with van der Waals surface area (Å²) in [4.78, 5) is 37.8. The van der Waals surface area contributed by atoms with E-state index in [4.69, 9.17) is 14.2 Å². The molecule has 0 unspecified atom stereocenters. The third-order valence-electron chi connectivity index (χ3n) is 10.6. The van der Waals surface area contributed by atoms with E-state index < -0.39 is 6.10 Å². The second-order valence-electron chi connectivity index (χ2n) is 16.4. The summed E-state index contributed by atoms with van der Waals surface area (Å²) in [6.07, 6.45) is 52.6. The van der Waals surface area contributed by atoms with Gasteiger partial charge < -0.3 is 14.2 Å². The van der Waals surface area contributed by atoms with Crippen LogP contribution in [0.4, 0.5) is 0 Å². The Kier molecular flexibility index (Phi) is 44.4. The van der Waals surface area contributed by atoms with E-state index in [1.165, 1.54) is 122 Å². The molecule has 0 saturated heterocycles. The number of unbranched alkanes of at least 4 members (excludes halogenated alkanes) is 27. The molecule has 0 aromatic heterocycles. The fourth-order valence-corrected chi connectivity index (χ4v) is 6.88. The molecule has 1 atom stereocenters. The van der Waals surface area contributed by atoms with Gasteiger partial charge in [0.1, 0.15) is 13.2 Å². The number of hydrogen-bond donors (Lipinski definition) is 0. The molecule has 6 heteroatoms. The number of rotatable bonds is 44. The van der Waals surface area contributed by atoms with Gasteiger partial charge in [0.25, 0.3) is 0 Å². The maximum absolute atomic E-state index is 12.7. The van der Waals surface area contributed by atoms with Crippen LogP contribution in [0.5, 0.6) is 0 Å². The highest BCUT2D eigenvalue weighted by atomic mass is 16.6. The summed E-state index contributed by atoms with van der Waals surface area (Å²) in [6.45, 7) is 6.58. The van der Waals surface area contributed by atoms with Crippen LogP contribution < -0.4 is 0 Å². The Morgan fingerprint density at radius 1 is 0.351 bits per heavy atom. The van der Waals surface area contributed by atoms with Crippen molar-refractivity contribution in [2.75, 3.05) is 13.2 Å². The summed E-state index contributed by atoms with van der Waals surface area (Å²) in [5, 5.41) is 0. The first kappa shape index (κ1) is 54.6. The van der Waals surface area contributed by atoms with Crippen molar-refractivity contribution in [1.82, 2.24) is 0 Å². The maximum Gasteiger partial charge on any atom is 0.306 e. The molecule has 0 aliphatic rings. The molecule has 0 radical (unpaired) electrons. The zero-order valence-electron chi connectivity index (χ0n) is 37.9. The van der Waals surface area contributed by atoms with E-state index in [0.717, 1.165) is 89.9 Å². The molecule has 332 valence electrons. The van der Waals surface area contributed by atoms with Crippen LogP contribution in [0.2, 0.25) is 0 Å². The molecule has 0 aromatic rings. The molecule has 0 aliphatic heterocycles. The topological polar surface area (TPSA) is 78.9 Å². The van der Waals surface area contributed by atoms with Crippen molar-refractivity contribution in [3.05, 3.63) is 36.5 Å². The molecule has 6 nitrogen and oxygen atoms in total. The predicted octanol–water partition coefficient (Wildman–Crippen LogP) is 15.8. The van der Waals surface area contributed by atoms with E-state index in [-0.39, 0.29) is 31.1 Å². The smallest absolute Gasteiger partial charge is 0.306 e. The van der Waals surface area contributed by atoms with Crippen molar-refractivity contribution in [1.29, 1.82) is 0 Å². The average Bonchev–Trinajstić information content (AvgIpc) is 3.21. The molecule has 0 aliphatic carbocycles. The van der Waals surface area contributed by atoms with E-state index in [1.807, 2.05) is 0 Å². The molecular formula is C51H92O6. The van der Waals surface area contributed by atoms with E-state index in [1.54, 1.807) is 0 Å². The number of allylic oxidation sites excluding steroid dienone is 6. The minimum Gasteiger partial charge on any atom is -0.462 e. The monoisotopic (exact) mass is 801 g/mol. The summed E-state index contributed by atoms with van der Waals surface area (Å²) in [5.41, 5.74) is 0. The normalized spacial score (nSPS) is 12.3. The Labute approximate surface area is 353 Å². The first-order valence-corrected chi connectivity index (χ1v) is 24.5. The summed E-state index contributed by atoms with van der Waals surface area (Å²) in [5.74, 6) is -0.896.